The van der Waals surface area contributed by atoms with Gasteiger partial charge in [-0.15, -0.1) is 24.9 Å². The van der Waals surface area contributed by atoms with Gasteiger partial charge in [-0.1, -0.05) is 72.3 Å². The minimum Gasteiger partial charge on any atom is -0.394 e. The number of anilines is 2. The van der Waals surface area contributed by atoms with Crippen molar-refractivity contribution in [3.05, 3.63) is 85.0 Å². The van der Waals surface area contributed by atoms with Gasteiger partial charge in [-0.3, -0.25) is 14.4 Å². The van der Waals surface area contributed by atoms with Crippen LogP contribution in [0.15, 0.2) is 73.8 Å². The predicted molar refractivity (Wildman–Crippen MR) is 182 cm³/mol. The van der Waals surface area contributed by atoms with Crippen molar-refractivity contribution in [3.8, 4) is 0 Å². The van der Waals surface area contributed by atoms with Crippen molar-refractivity contribution in [2.24, 2.45) is 17.8 Å². The zero-order valence-electron chi connectivity index (χ0n) is 25.9. The van der Waals surface area contributed by atoms with Gasteiger partial charge in [-0.2, -0.15) is 0 Å². The molecule has 3 unspecified atom stereocenters. The van der Waals surface area contributed by atoms with Gasteiger partial charge in [0.1, 0.15) is 6.04 Å². The summed E-state index contributed by atoms with van der Waals surface area (Å²) in [6.07, 6.45) is 3.96. The number of likely N-dealkylation sites (tertiary alicyclic amines) is 1. The number of fused-ring (bicyclic) bond motifs is 1. The fraction of sp³-hybridized carbons (Fsp3) is 0.457. The number of halogens is 1. The van der Waals surface area contributed by atoms with Crippen molar-refractivity contribution in [2.45, 2.75) is 61.0 Å². The number of nitrogens with zero attached hydrogens (tertiary/aromatic N) is 3. The maximum Gasteiger partial charge on any atom is 0.251 e. The molecule has 3 aliphatic heterocycles. The molecule has 3 amide bonds. The van der Waals surface area contributed by atoms with Gasteiger partial charge >= 0.3 is 0 Å². The molecule has 0 aromatic heterocycles. The molecule has 2 aromatic rings. The van der Waals surface area contributed by atoms with Crippen molar-refractivity contribution >= 4 is 56.8 Å². The Labute approximate surface area is 273 Å². The highest BCUT2D eigenvalue weighted by Gasteiger charge is 2.76. The number of para-hydroxylation sites is 1. The molecular formula is C35H42BrN3O4S. The molecule has 3 saturated heterocycles. The number of rotatable bonds is 11. The number of benzene rings is 2. The number of thioether (sulfide) groups is 1. The fourth-order valence-corrected chi connectivity index (χ4v) is 11.0. The van der Waals surface area contributed by atoms with E-state index >= 15 is 4.79 Å². The number of aliphatic hydroxyl groups excluding tert-OH is 1. The first-order valence-corrected chi connectivity index (χ1v) is 17.0. The summed E-state index contributed by atoms with van der Waals surface area (Å²) in [6.45, 7) is 16.0. The third-order valence-electron chi connectivity index (χ3n) is 9.44. The highest BCUT2D eigenvalue weighted by molar-refractivity contribution is 9.09. The van der Waals surface area contributed by atoms with Crippen molar-refractivity contribution in [1.82, 2.24) is 4.90 Å². The third-order valence-corrected chi connectivity index (χ3v) is 12.7. The third kappa shape index (κ3) is 5.24. The second-order valence-corrected chi connectivity index (χ2v) is 15.2. The molecule has 3 heterocycles. The minimum absolute atomic E-state index is 0.0673. The van der Waals surface area contributed by atoms with Gasteiger partial charge in [0.15, 0.2) is 0 Å². The predicted octanol–water partition coefficient (Wildman–Crippen LogP) is 5.52. The molecule has 3 fully saturated rings. The Morgan fingerprint density at radius 1 is 1.09 bits per heavy atom. The molecule has 2 bridgehead atoms. The van der Waals surface area contributed by atoms with E-state index in [1.807, 2.05) is 76.2 Å². The Kier molecular flexibility index (Phi) is 9.50. The van der Waals surface area contributed by atoms with E-state index in [4.69, 9.17) is 0 Å². The summed E-state index contributed by atoms with van der Waals surface area (Å²) in [7, 11) is 0. The average Bonchev–Trinajstić information content (AvgIpc) is 3.59. The van der Waals surface area contributed by atoms with Crippen LogP contribution in [0.2, 0.25) is 0 Å². The summed E-state index contributed by atoms with van der Waals surface area (Å²) < 4.78 is -0.844. The smallest absolute Gasteiger partial charge is 0.251 e. The van der Waals surface area contributed by atoms with Crippen LogP contribution in [0.4, 0.5) is 11.4 Å². The molecule has 44 heavy (non-hydrogen) atoms. The van der Waals surface area contributed by atoms with E-state index < -0.39 is 28.7 Å². The van der Waals surface area contributed by atoms with Gasteiger partial charge in [-0.25, -0.2) is 0 Å². The maximum atomic E-state index is 15.0. The van der Waals surface area contributed by atoms with Gasteiger partial charge in [0.2, 0.25) is 11.8 Å². The Morgan fingerprint density at radius 2 is 1.75 bits per heavy atom. The van der Waals surface area contributed by atoms with E-state index in [0.29, 0.717) is 13.0 Å². The van der Waals surface area contributed by atoms with Crippen LogP contribution < -0.4 is 9.80 Å². The zero-order valence-corrected chi connectivity index (χ0v) is 28.3. The molecule has 0 saturated carbocycles. The lowest BCUT2D eigenvalue weighted by Crippen LogP contribution is -2.59. The quantitative estimate of drug-likeness (QED) is 0.250. The van der Waals surface area contributed by atoms with Gasteiger partial charge < -0.3 is 19.8 Å². The molecule has 7 atom stereocenters. The zero-order chi connectivity index (χ0) is 31.9. The maximum absolute atomic E-state index is 15.0. The second kappa shape index (κ2) is 12.9. The number of alkyl halides is 1. The molecule has 5 rings (SSSR count). The number of carbonyl (C=O) groups is 3. The number of hydrogen-bond donors (Lipinski definition) is 1. The lowest BCUT2D eigenvalue weighted by molar-refractivity contribution is -0.142. The number of aryl methyl sites for hydroxylation is 2. The molecular weight excluding hydrogens is 638 g/mol. The fourth-order valence-electron chi connectivity index (χ4n) is 7.44. The topological polar surface area (TPSA) is 81.2 Å². The lowest BCUT2D eigenvalue weighted by Gasteiger charge is -2.41. The summed E-state index contributed by atoms with van der Waals surface area (Å²) in [4.78, 5) is 49.4. The van der Waals surface area contributed by atoms with Crippen LogP contribution in [0.5, 0.6) is 0 Å². The summed E-state index contributed by atoms with van der Waals surface area (Å²) >= 11 is 5.49. The van der Waals surface area contributed by atoms with Crippen LogP contribution in [-0.4, -0.2) is 74.3 Å². The lowest BCUT2D eigenvalue weighted by atomic mass is 9.70. The Bertz CT molecular complexity index is 1450. The van der Waals surface area contributed by atoms with Gasteiger partial charge in [0.05, 0.1) is 29.2 Å². The Balaban J connectivity index is 1.65. The highest BCUT2D eigenvalue weighted by atomic mass is 79.9. The highest BCUT2D eigenvalue weighted by Crippen LogP contribution is 2.68. The van der Waals surface area contributed by atoms with Crippen LogP contribution in [-0.2, 0) is 14.4 Å². The van der Waals surface area contributed by atoms with E-state index in [1.54, 1.807) is 38.6 Å². The normalized spacial score (nSPS) is 27.8. The average molecular weight is 681 g/mol. The minimum atomic E-state index is -0.864. The first-order valence-electron chi connectivity index (χ1n) is 15.2. The van der Waals surface area contributed by atoms with Crippen LogP contribution in [0.1, 0.15) is 31.4 Å². The number of amides is 3. The van der Waals surface area contributed by atoms with E-state index in [9.17, 15) is 14.7 Å². The molecule has 3 aliphatic rings. The molecule has 2 aromatic carbocycles. The van der Waals surface area contributed by atoms with E-state index in [0.717, 1.165) is 22.5 Å². The molecule has 1 N–H and O–H groups in total. The molecule has 9 heteroatoms. The first-order chi connectivity index (χ1) is 21.0. The van der Waals surface area contributed by atoms with E-state index in [2.05, 4.69) is 29.1 Å². The first kappa shape index (κ1) is 32.5. The number of aliphatic hydroxyl groups is 1. The van der Waals surface area contributed by atoms with Crippen LogP contribution in [0, 0.1) is 31.6 Å². The molecule has 0 radical (unpaired) electrons. The molecule has 234 valence electrons. The van der Waals surface area contributed by atoms with Crippen molar-refractivity contribution < 1.29 is 19.5 Å². The Morgan fingerprint density at radius 3 is 2.36 bits per heavy atom. The number of carbonyl (C=O) groups excluding carboxylic acids is 3. The summed E-state index contributed by atoms with van der Waals surface area (Å²) in [6, 6.07) is 14.0. The van der Waals surface area contributed by atoms with Crippen LogP contribution in [0.3, 0.4) is 0 Å². The SMILES string of the molecule is C=CCN(C(=O)[C@H]1[C@@H]2SC3(CC2Br)C(C(=O)N(CC=C)c2cc(C)ccc2C)N([C@@H](CO)C(C)C)C(=O)[C@H]13)c1ccccc1. The van der Waals surface area contributed by atoms with Crippen LogP contribution >= 0.6 is 27.7 Å². The van der Waals surface area contributed by atoms with E-state index in [1.165, 1.54) is 0 Å². The van der Waals surface area contributed by atoms with Crippen molar-refractivity contribution in [1.29, 1.82) is 0 Å². The number of hydrogen-bond acceptors (Lipinski definition) is 5. The van der Waals surface area contributed by atoms with Crippen molar-refractivity contribution in [2.75, 3.05) is 29.5 Å². The summed E-state index contributed by atoms with van der Waals surface area (Å²) in [5, 5.41) is 10.5. The monoisotopic (exact) mass is 679 g/mol. The largest absolute Gasteiger partial charge is 0.394 e. The summed E-state index contributed by atoms with van der Waals surface area (Å²) in [5.41, 5.74) is 3.47. The van der Waals surface area contributed by atoms with Gasteiger partial charge in [0, 0.05) is 34.5 Å². The summed E-state index contributed by atoms with van der Waals surface area (Å²) in [5.74, 6) is -2.04. The van der Waals surface area contributed by atoms with Gasteiger partial charge in [-0.05, 0) is 55.5 Å². The standard InChI is InChI=1S/C35H42BrN3O4S/c1-7-16-37(24-12-10-9-11-13-24)32(41)28-29-33(42)39(27(20-40)21(3)4)31(35(29)19-25(36)30(28)44-35)34(43)38(17-8-2)26-18-22(5)14-15-23(26)6/h7-15,18,21,25,27-31,40H,1-2,16-17,19-20H2,3-6H3/t25?,27-,28+,29-,30+,31?,35?/m0/s1. The Hall–Kier alpha value is -2.88. The molecule has 1 spiro atoms. The van der Waals surface area contributed by atoms with E-state index in [-0.39, 0.29) is 46.9 Å². The van der Waals surface area contributed by atoms with Crippen molar-refractivity contribution in [3.63, 3.8) is 0 Å². The second-order valence-electron chi connectivity index (χ2n) is 12.5. The molecule has 0 aliphatic carbocycles. The van der Waals surface area contributed by atoms with Crippen LogP contribution in [0.25, 0.3) is 0 Å². The molecule has 7 nitrogen and oxygen atoms in total. The van der Waals surface area contributed by atoms with Gasteiger partial charge in [0.25, 0.3) is 5.91 Å².